The van der Waals surface area contributed by atoms with Gasteiger partial charge >= 0.3 is 5.97 Å². The normalized spacial score (nSPS) is 16.6. The molecule has 0 radical (unpaired) electrons. The van der Waals surface area contributed by atoms with Crippen LogP contribution < -0.4 is 9.47 Å². The van der Waals surface area contributed by atoms with Crippen LogP contribution in [0.25, 0.3) is 0 Å². The van der Waals surface area contributed by atoms with Crippen molar-refractivity contribution in [3.63, 3.8) is 0 Å². The van der Waals surface area contributed by atoms with Crippen LogP contribution in [-0.2, 0) is 16.1 Å². The van der Waals surface area contributed by atoms with E-state index in [4.69, 9.17) is 14.2 Å². The summed E-state index contributed by atoms with van der Waals surface area (Å²) in [6.45, 7) is 6.49. The highest BCUT2D eigenvalue weighted by molar-refractivity contribution is 8.16. The van der Waals surface area contributed by atoms with Crippen LogP contribution in [0.3, 0.4) is 0 Å². The van der Waals surface area contributed by atoms with Crippen molar-refractivity contribution in [3.8, 4) is 17.6 Å². The molecule has 7 nitrogen and oxygen atoms in total. The number of nitrogens with zero attached hydrogens (tertiary/aromatic N) is 3. The summed E-state index contributed by atoms with van der Waals surface area (Å²) < 4.78 is 17.3. The lowest BCUT2D eigenvalue weighted by Gasteiger charge is -2.33. The number of allylic oxidation sites excluding steroid dienone is 1. The summed E-state index contributed by atoms with van der Waals surface area (Å²) in [5, 5.41) is 12.1. The van der Waals surface area contributed by atoms with E-state index >= 15 is 0 Å². The minimum atomic E-state index is -0.398. The maximum Gasteiger partial charge on any atom is 0.338 e. The molecule has 2 heterocycles. The van der Waals surface area contributed by atoms with Crippen molar-refractivity contribution in [1.29, 1.82) is 5.26 Å². The third-order valence-electron chi connectivity index (χ3n) is 5.42. The third kappa shape index (κ3) is 4.66. The molecular formula is C26H25N3O4S. The largest absolute Gasteiger partial charge is 0.490 e. The fourth-order valence-electron chi connectivity index (χ4n) is 3.89. The van der Waals surface area contributed by atoms with Crippen LogP contribution in [-0.4, -0.2) is 29.3 Å². The van der Waals surface area contributed by atoms with Gasteiger partial charge in [0.2, 0.25) is 0 Å². The van der Waals surface area contributed by atoms with Gasteiger partial charge in [-0.1, -0.05) is 36.0 Å². The number of nitriles is 1. The van der Waals surface area contributed by atoms with E-state index in [1.165, 1.54) is 11.8 Å². The molecule has 174 valence electrons. The quantitative estimate of drug-likeness (QED) is 0.479. The first-order valence-electron chi connectivity index (χ1n) is 11.0. The molecule has 0 unspecified atom stereocenters. The zero-order valence-electron chi connectivity index (χ0n) is 19.3. The minimum Gasteiger partial charge on any atom is -0.490 e. The second-order valence-electron chi connectivity index (χ2n) is 7.52. The maximum atomic E-state index is 12.9. The zero-order chi connectivity index (χ0) is 24.1. The number of thioether (sulfide) groups is 1. The molecule has 2 aliphatic rings. The molecule has 0 aliphatic carbocycles. The van der Waals surface area contributed by atoms with Gasteiger partial charge in [0.25, 0.3) is 0 Å². The number of fused-ring (bicyclic) bond motifs is 1. The van der Waals surface area contributed by atoms with Gasteiger partial charge in [-0.2, -0.15) is 5.26 Å². The molecule has 0 aromatic heterocycles. The summed E-state index contributed by atoms with van der Waals surface area (Å²) >= 11 is 1.51. The zero-order valence-corrected chi connectivity index (χ0v) is 20.1. The van der Waals surface area contributed by atoms with Gasteiger partial charge in [0.05, 0.1) is 42.2 Å². The number of ether oxygens (including phenoxy) is 3. The highest BCUT2D eigenvalue weighted by Gasteiger charge is 2.37. The number of rotatable bonds is 8. The summed E-state index contributed by atoms with van der Waals surface area (Å²) in [5.41, 5.74) is 3.36. The van der Waals surface area contributed by atoms with Crippen molar-refractivity contribution in [1.82, 2.24) is 4.90 Å². The van der Waals surface area contributed by atoms with E-state index in [0.29, 0.717) is 34.9 Å². The number of benzene rings is 2. The van der Waals surface area contributed by atoms with E-state index in [0.717, 1.165) is 16.3 Å². The van der Waals surface area contributed by atoms with E-state index in [9.17, 15) is 10.1 Å². The molecule has 0 N–H and O–H groups in total. The van der Waals surface area contributed by atoms with Crippen molar-refractivity contribution in [2.24, 2.45) is 4.99 Å². The lowest BCUT2D eigenvalue weighted by atomic mass is 9.94. The highest BCUT2D eigenvalue weighted by atomic mass is 32.2. The first-order chi connectivity index (χ1) is 16.6. The lowest BCUT2D eigenvalue weighted by molar-refractivity contribution is -0.139. The molecule has 0 fully saturated rings. The summed E-state index contributed by atoms with van der Waals surface area (Å²) in [6.07, 6.45) is 1.92. The Kier molecular flexibility index (Phi) is 7.24. The predicted octanol–water partition coefficient (Wildman–Crippen LogP) is 5.30. The van der Waals surface area contributed by atoms with E-state index in [1.54, 1.807) is 13.0 Å². The van der Waals surface area contributed by atoms with E-state index < -0.39 is 6.04 Å². The minimum absolute atomic E-state index is 0.238. The van der Waals surface area contributed by atoms with Crippen molar-refractivity contribution >= 4 is 22.9 Å². The molecule has 4 rings (SSSR count). The van der Waals surface area contributed by atoms with Gasteiger partial charge in [0, 0.05) is 11.8 Å². The number of hydrogen-bond donors (Lipinski definition) is 0. The SMILES string of the molecule is CCOC(=O)C1=C(C)N=C2SC=CN2[C@H]1c1ccc(OCc2ccccc2C#N)c(OCC)c1. The first kappa shape index (κ1) is 23.5. The monoisotopic (exact) mass is 475 g/mol. The number of aliphatic imine (C=N–C) groups is 1. The van der Waals surface area contributed by atoms with Gasteiger partial charge in [0.1, 0.15) is 6.61 Å². The van der Waals surface area contributed by atoms with Crippen LogP contribution in [0.2, 0.25) is 0 Å². The number of amidine groups is 1. The van der Waals surface area contributed by atoms with Crippen LogP contribution in [0.4, 0.5) is 0 Å². The fourth-order valence-corrected chi connectivity index (χ4v) is 4.68. The Morgan fingerprint density at radius 2 is 1.97 bits per heavy atom. The van der Waals surface area contributed by atoms with Gasteiger partial charge in [-0.25, -0.2) is 9.79 Å². The van der Waals surface area contributed by atoms with Gasteiger partial charge in [-0.15, -0.1) is 0 Å². The van der Waals surface area contributed by atoms with E-state index in [-0.39, 0.29) is 19.2 Å². The molecule has 8 heteroatoms. The number of hydrogen-bond acceptors (Lipinski definition) is 8. The molecule has 2 aliphatic heterocycles. The van der Waals surface area contributed by atoms with Crippen LogP contribution in [0.1, 0.15) is 43.5 Å². The number of esters is 1. The number of carbonyl (C=O) groups excluding carboxylic acids is 1. The van der Waals surface area contributed by atoms with Gasteiger partial charge in [-0.05, 0) is 49.9 Å². The number of carbonyl (C=O) groups is 1. The first-order valence-corrected chi connectivity index (χ1v) is 11.9. The summed E-state index contributed by atoms with van der Waals surface area (Å²) in [6, 6.07) is 14.8. The van der Waals surface area contributed by atoms with E-state index in [2.05, 4.69) is 11.1 Å². The molecule has 2 aromatic rings. The second-order valence-corrected chi connectivity index (χ2v) is 8.40. The van der Waals surface area contributed by atoms with Crippen LogP contribution >= 0.6 is 11.8 Å². The van der Waals surface area contributed by atoms with Crippen molar-refractivity contribution in [2.75, 3.05) is 13.2 Å². The Morgan fingerprint density at radius 1 is 1.15 bits per heavy atom. The van der Waals surface area contributed by atoms with E-state index in [1.807, 2.05) is 66.8 Å². The van der Waals surface area contributed by atoms with Crippen LogP contribution in [0.15, 0.2) is 70.3 Å². The Morgan fingerprint density at radius 3 is 2.74 bits per heavy atom. The van der Waals surface area contributed by atoms with Crippen LogP contribution in [0.5, 0.6) is 11.5 Å². The average molecular weight is 476 g/mol. The molecule has 0 spiro atoms. The molecular weight excluding hydrogens is 450 g/mol. The molecule has 0 saturated heterocycles. The summed E-state index contributed by atoms with van der Waals surface area (Å²) in [7, 11) is 0. The smallest absolute Gasteiger partial charge is 0.338 e. The lowest BCUT2D eigenvalue weighted by Crippen LogP contribution is -2.34. The van der Waals surface area contributed by atoms with Crippen molar-refractivity contribution in [3.05, 3.63) is 82.0 Å². The fraction of sp³-hybridized carbons (Fsp3) is 0.269. The molecule has 0 amide bonds. The highest BCUT2D eigenvalue weighted by Crippen LogP contribution is 2.43. The Labute approximate surface area is 203 Å². The standard InChI is InChI=1S/C26H25N3O4S/c1-4-31-22-14-18(10-11-21(22)33-16-20-9-7-6-8-19(20)15-27)24-23(25(30)32-5-2)17(3)28-26-29(24)12-13-34-26/h6-14,24H,4-5,16H2,1-3H3/t24-/m0/s1. The molecule has 2 aromatic carbocycles. The van der Waals surface area contributed by atoms with Crippen molar-refractivity contribution < 1.29 is 19.0 Å². The summed E-state index contributed by atoms with van der Waals surface area (Å²) in [5.74, 6) is 0.743. The molecule has 1 atom stereocenters. The topological polar surface area (TPSA) is 84.1 Å². The Balaban J connectivity index is 1.69. The average Bonchev–Trinajstić information content (AvgIpc) is 3.31. The summed E-state index contributed by atoms with van der Waals surface area (Å²) in [4.78, 5) is 19.5. The molecule has 34 heavy (non-hydrogen) atoms. The Bertz CT molecular complexity index is 1230. The maximum absolute atomic E-state index is 12.9. The van der Waals surface area contributed by atoms with Crippen LogP contribution in [0, 0.1) is 11.3 Å². The second kappa shape index (κ2) is 10.5. The third-order valence-corrected chi connectivity index (χ3v) is 6.19. The molecule has 0 bridgehead atoms. The van der Waals surface area contributed by atoms with Gasteiger partial charge < -0.3 is 19.1 Å². The van der Waals surface area contributed by atoms with Gasteiger partial charge in [0.15, 0.2) is 16.7 Å². The van der Waals surface area contributed by atoms with Crippen molar-refractivity contribution in [2.45, 2.75) is 33.4 Å². The Hall–Kier alpha value is -3.70. The predicted molar refractivity (Wildman–Crippen MR) is 131 cm³/mol. The van der Waals surface area contributed by atoms with Gasteiger partial charge in [-0.3, -0.25) is 0 Å². The molecule has 0 saturated carbocycles.